The molecular formula is C25H23N5S. The minimum Gasteiger partial charge on any atom is -0.375 e. The first-order valence-corrected chi connectivity index (χ1v) is 11.4. The van der Waals surface area contributed by atoms with Gasteiger partial charge >= 0.3 is 0 Å². The van der Waals surface area contributed by atoms with Crippen LogP contribution in [0.4, 0.5) is 10.9 Å². The topological polar surface area (TPSA) is 67.1 Å². The van der Waals surface area contributed by atoms with Gasteiger partial charge in [0.25, 0.3) is 0 Å². The Labute approximate surface area is 185 Å². The number of hydrogen-bond donors (Lipinski definition) is 2. The van der Waals surface area contributed by atoms with Crippen molar-refractivity contribution in [1.29, 1.82) is 0 Å². The van der Waals surface area contributed by atoms with E-state index >= 15 is 0 Å². The van der Waals surface area contributed by atoms with Crippen molar-refractivity contribution in [2.75, 3.05) is 18.1 Å². The summed E-state index contributed by atoms with van der Waals surface area (Å²) in [6.45, 7) is 2.06. The van der Waals surface area contributed by atoms with Crippen LogP contribution < -0.4 is 11.1 Å². The van der Waals surface area contributed by atoms with Crippen LogP contribution in [0.3, 0.4) is 0 Å². The monoisotopic (exact) mass is 425 g/mol. The first kappa shape index (κ1) is 18.5. The molecule has 31 heavy (non-hydrogen) atoms. The van der Waals surface area contributed by atoms with E-state index in [-0.39, 0.29) is 0 Å². The van der Waals surface area contributed by atoms with Crippen molar-refractivity contribution < 1.29 is 0 Å². The number of aromatic nitrogens is 2. The Morgan fingerprint density at radius 2 is 1.84 bits per heavy atom. The number of thiazole rings is 1. The maximum Gasteiger partial charge on any atom is 0.180 e. The number of anilines is 2. The summed E-state index contributed by atoms with van der Waals surface area (Å²) in [7, 11) is 2.17. The number of pyridine rings is 1. The van der Waals surface area contributed by atoms with Gasteiger partial charge < -0.3 is 11.1 Å². The van der Waals surface area contributed by atoms with Crippen molar-refractivity contribution in [2.45, 2.75) is 25.9 Å². The third kappa shape index (κ3) is 3.58. The lowest BCUT2D eigenvalue weighted by Gasteiger charge is -2.13. The minimum atomic E-state index is 0.591. The van der Waals surface area contributed by atoms with Crippen LogP contribution in [0, 0.1) is 0 Å². The molecule has 0 radical (unpaired) electrons. The Kier molecular flexibility index (Phi) is 4.30. The highest BCUT2D eigenvalue weighted by atomic mass is 32.1. The Morgan fingerprint density at radius 3 is 2.65 bits per heavy atom. The smallest absolute Gasteiger partial charge is 0.180 e. The predicted octanol–water partition coefficient (Wildman–Crippen LogP) is 5.50. The highest BCUT2D eigenvalue weighted by molar-refractivity contribution is 7.18. The maximum atomic E-state index is 5.82. The number of rotatable bonds is 4. The predicted molar refractivity (Wildman–Crippen MR) is 129 cm³/mol. The quantitative estimate of drug-likeness (QED) is 0.452. The highest BCUT2D eigenvalue weighted by Gasteiger charge is 2.22. The maximum absolute atomic E-state index is 5.82. The van der Waals surface area contributed by atoms with Crippen molar-refractivity contribution in [1.82, 2.24) is 14.9 Å². The van der Waals surface area contributed by atoms with Gasteiger partial charge in [-0.05, 0) is 71.3 Å². The zero-order valence-electron chi connectivity index (χ0n) is 17.4. The average Bonchev–Trinajstić information content (AvgIpc) is 3.41. The highest BCUT2D eigenvalue weighted by Crippen LogP contribution is 2.38. The number of allylic oxidation sites excluding steroid dienone is 1. The number of nitrogens with zero attached hydrogens (tertiary/aromatic N) is 3. The van der Waals surface area contributed by atoms with Crippen molar-refractivity contribution in [3.63, 3.8) is 0 Å². The molecule has 6 heteroatoms. The van der Waals surface area contributed by atoms with E-state index < -0.39 is 0 Å². The molecule has 3 N–H and O–H groups in total. The van der Waals surface area contributed by atoms with Crippen molar-refractivity contribution in [3.05, 3.63) is 77.1 Å². The number of fused-ring (bicyclic) bond motifs is 2. The van der Waals surface area contributed by atoms with Crippen LogP contribution in [0.2, 0.25) is 0 Å². The number of benzene rings is 2. The molecule has 1 saturated carbocycles. The van der Waals surface area contributed by atoms with Gasteiger partial charge in [0.15, 0.2) is 5.13 Å². The van der Waals surface area contributed by atoms with Crippen LogP contribution in [-0.4, -0.2) is 21.9 Å². The molecule has 0 unspecified atom stereocenters. The summed E-state index contributed by atoms with van der Waals surface area (Å²) < 4.78 is 0. The Balaban J connectivity index is 1.34. The Morgan fingerprint density at radius 1 is 0.968 bits per heavy atom. The van der Waals surface area contributed by atoms with Crippen molar-refractivity contribution in [2.24, 2.45) is 0 Å². The van der Waals surface area contributed by atoms with Crippen LogP contribution >= 0.6 is 11.3 Å². The summed E-state index contributed by atoms with van der Waals surface area (Å²) >= 11 is 1.51. The van der Waals surface area contributed by atoms with Gasteiger partial charge in [-0.2, -0.15) is 0 Å². The minimum absolute atomic E-state index is 0.591. The Hall–Kier alpha value is -3.22. The number of nitrogen functional groups attached to an aromatic ring is 1. The molecule has 0 amide bonds. The number of hydrogen-bond acceptors (Lipinski definition) is 6. The molecule has 1 aliphatic heterocycles. The molecule has 3 heterocycles. The van der Waals surface area contributed by atoms with E-state index in [2.05, 4.69) is 64.7 Å². The van der Waals surface area contributed by atoms with Crippen LogP contribution in [0.1, 0.15) is 29.5 Å². The van der Waals surface area contributed by atoms with E-state index in [1.165, 1.54) is 39.3 Å². The second-order valence-corrected chi connectivity index (χ2v) is 9.52. The molecule has 0 spiro atoms. The molecule has 2 aliphatic rings. The number of nitrogens with one attached hydrogen (secondary N) is 1. The number of nitrogens with two attached hydrogens (primary N) is 1. The first-order chi connectivity index (χ1) is 15.1. The van der Waals surface area contributed by atoms with E-state index in [1.54, 1.807) is 0 Å². The van der Waals surface area contributed by atoms with Gasteiger partial charge in [0, 0.05) is 36.6 Å². The van der Waals surface area contributed by atoms with Crippen molar-refractivity contribution >= 4 is 38.8 Å². The van der Waals surface area contributed by atoms with Gasteiger partial charge in [-0.3, -0.25) is 4.90 Å². The molecule has 4 aromatic rings. The van der Waals surface area contributed by atoms with Crippen LogP contribution in [0.25, 0.3) is 26.9 Å². The molecule has 2 aromatic heterocycles. The third-order valence-corrected chi connectivity index (χ3v) is 6.89. The zero-order chi connectivity index (χ0) is 20.9. The lowest BCUT2D eigenvalue weighted by Crippen LogP contribution is -2.07. The van der Waals surface area contributed by atoms with Crippen LogP contribution in [-0.2, 0) is 13.1 Å². The summed E-state index contributed by atoms with van der Waals surface area (Å²) in [6.07, 6.45) is 6.09. The average molecular weight is 426 g/mol. The standard InChI is InChI=1S/C25H23N5S/c1-30-13-19-7-5-17(9-21(19)14-30)24(15-2-3-15)29-23-10-20-8-16(4-6-18(20)11-27-23)22-12-28-25(26)31-22/h4-12H,2-3,13-14H2,1H3,(H2,26,28)(H,27,29). The van der Waals surface area contributed by atoms with Gasteiger partial charge in [-0.15, -0.1) is 0 Å². The van der Waals surface area contributed by atoms with Gasteiger partial charge in [0.05, 0.1) is 4.88 Å². The normalized spacial score (nSPS) is 15.3. The fourth-order valence-electron chi connectivity index (χ4n) is 4.31. The lowest BCUT2D eigenvalue weighted by atomic mass is 10.0. The molecule has 0 atom stereocenters. The van der Waals surface area contributed by atoms with E-state index in [1.807, 2.05) is 12.4 Å². The van der Waals surface area contributed by atoms with Crippen LogP contribution in [0.15, 0.2) is 60.4 Å². The Bertz CT molecular complexity index is 1350. The third-order valence-electron chi connectivity index (χ3n) is 6.01. The zero-order valence-corrected chi connectivity index (χ0v) is 18.2. The fraction of sp³-hybridized carbons (Fsp3) is 0.200. The van der Waals surface area contributed by atoms with E-state index in [4.69, 9.17) is 10.7 Å². The molecule has 1 aliphatic carbocycles. The molecule has 0 saturated heterocycles. The summed E-state index contributed by atoms with van der Waals surface area (Å²) in [6, 6.07) is 15.4. The molecule has 6 rings (SSSR count). The molecule has 154 valence electrons. The summed E-state index contributed by atoms with van der Waals surface area (Å²) in [5, 5.41) is 6.50. The van der Waals surface area contributed by atoms with E-state index in [0.717, 1.165) is 53.0 Å². The van der Waals surface area contributed by atoms with Gasteiger partial charge in [-0.1, -0.05) is 35.6 Å². The van der Waals surface area contributed by atoms with Gasteiger partial charge in [0.2, 0.25) is 0 Å². The SMILES string of the molecule is CN1Cc2ccc(C(Nc3cc4cc(-c5cnc(N)s5)ccc4cn3)=C3CC3)cc2C1. The van der Waals surface area contributed by atoms with Crippen molar-refractivity contribution in [3.8, 4) is 10.4 Å². The van der Waals surface area contributed by atoms with Crippen LogP contribution in [0.5, 0.6) is 0 Å². The molecule has 0 bridgehead atoms. The summed E-state index contributed by atoms with van der Waals surface area (Å²) in [5.41, 5.74) is 13.8. The summed E-state index contributed by atoms with van der Waals surface area (Å²) in [5.74, 6) is 0.875. The fourth-order valence-corrected chi connectivity index (χ4v) is 4.99. The lowest BCUT2D eigenvalue weighted by molar-refractivity contribution is 0.353. The van der Waals surface area contributed by atoms with Gasteiger partial charge in [-0.25, -0.2) is 9.97 Å². The summed E-state index contributed by atoms with van der Waals surface area (Å²) in [4.78, 5) is 12.3. The molecular weight excluding hydrogens is 402 g/mol. The second-order valence-electron chi connectivity index (χ2n) is 8.45. The molecule has 1 fully saturated rings. The van der Waals surface area contributed by atoms with Gasteiger partial charge in [0.1, 0.15) is 5.82 Å². The first-order valence-electron chi connectivity index (χ1n) is 10.5. The second kappa shape index (κ2) is 7.18. The largest absolute Gasteiger partial charge is 0.375 e. The van der Waals surface area contributed by atoms with E-state index in [9.17, 15) is 0 Å². The molecule has 5 nitrogen and oxygen atoms in total. The molecule has 2 aromatic carbocycles. The van der Waals surface area contributed by atoms with E-state index in [0.29, 0.717) is 5.13 Å².